The van der Waals surface area contributed by atoms with Crippen molar-refractivity contribution in [3.63, 3.8) is 0 Å². The number of oxime groups is 1. The van der Waals surface area contributed by atoms with Crippen molar-refractivity contribution < 1.29 is 5.21 Å². The van der Waals surface area contributed by atoms with Crippen LogP contribution in [0.1, 0.15) is 39.0 Å². The highest BCUT2D eigenvalue weighted by Gasteiger charge is 1.93. The zero-order valence-electron chi connectivity index (χ0n) is 6.31. The van der Waals surface area contributed by atoms with Gasteiger partial charge in [0, 0.05) is 6.42 Å². The predicted octanol–water partition coefficient (Wildman–Crippen LogP) is 2.98. The van der Waals surface area contributed by atoms with Crippen molar-refractivity contribution in [2.45, 2.75) is 39.0 Å². The monoisotopic (exact) mass is 163 g/mol. The van der Waals surface area contributed by atoms with Crippen LogP contribution in [0.15, 0.2) is 5.16 Å². The molecule has 0 aromatic rings. The van der Waals surface area contributed by atoms with E-state index in [9.17, 15) is 0 Å². The molecule has 0 heterocycles. The lowest BCUT2D eigenvalue weighted by atomic mass is 10.2. The molecule has 0 saturated heterocycles. The van der Waals surface area contributed by atoms with Gasteiger partial charge in [-0.2, -0.15) is 0 Å². The van der Waals surface area contributed by atoms with Crippen molar-refractivity contribution in [1.82, 2.24) is 0 Å². The summed E-state index contributed by atoms with van der Waals surface area (Å²) < 4.78 is 0. The summed E-state index contributed by atoms with van der Waals surface area (Å²) >= 11 is 5.44. The van der Waals surface area contributed by atoms with Gasteiger partial charge in [0.1, 0.15) is 5.17 Å². The molecule has 0 aromatic heterocycles. The Morgan fingerprint density at radius 1 is 1.40 bits per heavy atom. The third-order valence-corrected chi connectivity index (χ3v) is 1.61. The number of unbranched alkanes of at least 4 members (excludes halogenated alkanes) is 3. The van der Waals surface area contributed by atoms with E-state index in [0.717, 1.165) is 6.42 Å². The Bertz CT molecular complexity index is 104. The normalized spacial score (nSPS) is 12.0. The summed E-state index contributed by atoms with van der Waals surface area (Å²) in [5.74, 6) is 0. The van der Waals surface area contributed by atoms with E-state index in [2.05, 4.69) is 12.1 Å². The smallest absolute Gasteiger partial charge is 0.145 e. The summed E-state index contributed by atoms with van der Waals surface area (Å²) in [6.07, 6.45) is 5.35. The Morgan fingerprint density at radius 2 is 2.10 bits per heavy atom. The fourth-order valence-corrected chi connectivity index (χ4v) is 0.881. The van der Waals surface area contributed by atoms with E-state index >= 15 is 0 Å². The average Bonchev–Trinajstić information content (AvgIpc) is 1.98. The van der Waals surface area contributed by atoms with E-state index in [0.29, 0.717) is 11.6 Å². The minimum Gasteiger partial charge on any atom is -0.410 e. The maximum absolute atomic E-state index is 8.15. The summed E-state index contributed by atoms with van der Waals surface area (Å²) in [5, 5.41) is 11.3. The van der Waals surface area contributed by atoms with E-state index in [-0.39, 0.29) is 0 Å². The lowest BCUT2D eigenvalue weighted by Crippen LogP contribution is -1.86. The van der Waals surface area contributed by atoms with Crippen molar-refractivity contribution in [3.8, 4) is 0 Å². The first-order valence-electron chi connectivity index (χ1n) is 3.67. The summed E-state index contributed by atoms with van der Waals surface area (Å²) in [4.78, 5) is 0. The standard InChI is InChI=1S/C7H14ClNO/c1-2-3-4-5-6-7(8)9-10/h10H,2-6H2,1H3/b9-7+. The quantitative estimate of drug-likeness (QED) is 0.287. The van der Waals surface area contributed by atoms with E-state index in [1.54, 1.807) is 0 Å². The first-order chi connectivity index (χ1) is 4.81. The van der Waals surface area contributed by atoms with Crippen molar-refractivity contribution >= 4 is 16.8 Å². The fraction of sp³-hybridized carbons (Fsp3) is 0.857. The fourth-order valence-electron chi connectivity index (χ4n) is 0.748. The number of hydrogen-bond donors (Lipinski definition) is 1. The molecule has 1 N–H and O–H groups in total. The molecule has 3 heteroatoms. The van der Waals surface area contributed by atoms with Gasteiger partial charge in [0.05, 0.1) is 0 Å². The van der Waals surface area contributed by atoms with Crippen LogP contribution in [0.25, 0.3) is 0 Å². The van der Waals surface area contributed by atoms with Gasteiger partial charge in [0.2, 0.25) is 0 Å². The lowest BCUT2D eigenvalue weighted by molar-refractivity contribution is 0.319. The third-order valence-electron chi connectivity index (χ3n) is 1.35. The van der Waals surface area contributed by atoms with Crippen LogP contribution >= 0.6 is 11.6 Å². The molecule has 0 rings (SSSR count). The van der Waals surface area contributed by atoms with Crippen LogP contribution in [0.5, 0.6) is 0 Å². The molecule has 0 unspecified atom stereocenters. The highest BCUT2D eigenvalue weighted by atomic mass is 35.5. The van der Waals surface area contributed by atoms with Crippen LogP contribution in [-0.2, 0) is 0 Å². The Hall–Kier alpha value is -0.240. The minimum absolute atomic E-state index is 0.316. The molecule has 0 atom stereocenters. The highest BCUT2D eigenvalue weighted by Crippen LogP contribution is 2.04. The van der Waals surface area contributed by atoms with Crippen LogP contribution in [0.2, 0.25) is 0 Å². The second-order valence-electron chi connectivity index (χ2n) is 2.29. The molecular weight excluding hydrogens is 150 g/mol. The largest absolute Gasteiger partial charge is 0.410 e. The highest BCUT2D eigenvalue weighted by molar-refractivity contribution is 6.65. The van der Waals surface area contributed by atoms with Crippen molar-refractivity contribution in [3.05, 3.63) is 0 Å². The van der Waals surface area contributed by atoms with E-state index < -0.39 is 0 Å². The molecule has 0 fully saturated rings. The summed E-state index contributed by atoms with van der Waals surface area (Å²) in [7, 11) is 0. The topological polar surface area (TPSA) is 32.6 Å². The van der Waals surface area contributed by atoms with Crippen LogP contribution in [0, 0.1) is 0 Å². The van der Waals surface area contributed by atoms with Gasteiger partial charge < -0.3 is 5.21 Å². The molecule has 0 saturated carbocycles. The maximum atomic E-state index is 8.15. The second-order valence-corrected chi connectivity index (χ2v) is 2.72. The molecule has 0 spiro atoms. The van der Waals surface area contributed by atoms with Crippen molar-refractivity contribution in [2.24, 2.45) is 5.16 Å². The van der Waals surface area contributed by atoms with Gasteiger partial charge in [0.15, 0.2) is 0 Å². The van der Waals surface area contributed by atoms with E-state index in [1.807, 2.05) is 0 Å². The molecule has 60 valence electrons. The molecule has 0 aromatic carbocycles. The Morgan fingerprint density at radius 3 is 2.60 bits per heavy atom. The van der Waals surface area contributed by atoms with Crippen LogP contribution < -0.4 is 0 Å². The Labute approximate surface area is 66.9 Å². The van der Waals surface area contributed by atoms with Gasteiger partial charge in [-0.05, 0) is 6.42 Å². The molecule has 0 bridgehead atoms. The van der Waals surface area contributed by atoms with Crippen LogP contribution in [0.3, 0.4) is 0 Å². The van der Waals surface area contributed by atoms with Gasteiger partial charge in [-0.1, -0.05) is 42.9 Å². The van der Waals surface area contributed by atoms with Gasteiger partial charge in [0.25, 0.3) is 0 Å². The third kappa shape index (κ3) is 5.89. The second kappa shape index (κ2) is 6.87. The molecule has 0 amide bonds. The zero-order valence-corrected chi connectivity index (χ0v) is 7.06. The number of nitrogens with zero attached hydrogens (tertiary/aromatic N) is 1. The van der Waals surface area contributed by atoms with E-state index in [4.69, 9.17) is 16.8 Å². The van der Waals surface area contributed by atoms with Gasteiger partial charge >= 0.3 is 0 Å². The number of hydrogen-bond acceptors (Lipinski definition) is 2. The summed E-state index contributed by atoms with van der Waals surface area (Å²) in [6, 6.07) is 0. The molecule has 0 radical (unpaired) electrons. The molecule has 0 aliphatic rings. The number of halogens is 1. The maximum Gasteiger partial charge on any atom is 0.145 e. The molecular formula is C7H14ClNO. The predicted molar refractivity (Wildman–Crippen MR) is 43.8 cm³/mol. The Kier molecular flexibility index (Phi) is 6.71. The molecule has 10 heavy (non-hydrogen) atoms. The Balaban J connectivity index is 3.04. The zero-order chi connectivity index (χ0) is 7.82. The van der Waals surface area contributed by atoms with Gasteiger partial charge in [-0.25, -0.2) is 0 Å². The van der Waals surface area contributed by atoms with Crippen molar-refractivity contribution in [2.75, 3.05) is 0 Å². The van der Waals surface area contributed by atoms with Crippen molar-refractivity contribution in [1.29, 1.82) is 0 Å². The lowest BCUT2D eigenvalue weighted by Gasteiger charge is -1.95. The van der Waals surface area contributed by atoms with E-state index in [1.165, 1.54) is 19.3 Å². The molecule has 2 nitrogen and oxygen atoms in total. The summed E-state index contributed by atoms with van der Waals surface area (Å²) in [6.45, 7) is 2.15. The minimum atomic E-state index is 0.316. The summed E-state index contributed by atoms with van der Waals surface area (Å²) in [5.41, 5.74) is 0. The van der Waals surface area contributed by atoms with Crippen LogP contribution in [-0.4, -0.2) is 10.4 Å². The van der Waals surface area contributed by atoms with Gasteiger partial charge in [-0.15, -0.1) is 0 Å². The SMILES string of the molecule is CCCCCC/C(Cl)=N\O. The first-order valence-corrected chi connectivity index (χ1v) is 4.05. The average molecular weight is 164 g/mol. The van der Waals surface area contributed by atoms with Crippen LogP contribution in [0.4, 0.5) is 0 Å². The number of rotatable bonds is 5. The molecule has 0 aliphatic heterocycles. The van der Waals surface area contributed by atoms with Gasteiger partial charge in [-0.3, -0.25) is 0 Å². The first kappa shape index (κ1) is 9.76. The molecule has 0 aliphatic carbocycles.